The van der Waals surface area contributed by atoms with Gasteiger partial charge in [0.05, 0.1) is 6.04 Å². The van der Waals surface area contributed by atoms with Crippen LogP contribution in [0.25, 0.3) is 0 Å². The van der Waals surface area contributed by atoms with Crippen LogP contribution in [0, 0.1) is 6.92 Å². The molecule has 0 aliphatic heterocycles. The highest BCUT2D eigenvalue weighted by Crippen LogP contribution is 2.32. The minimum absolute atomic E-state index is 0.121. The second-order valence-electron chi connectivity index (χ2n) is 3.57. The van der Waals surface area contributed by atoms with Gasteiger partial charge in [-0.25, -0.2) is 0 Å². The van der Waals surface area contributed by atoms with Gasteiger partial charge >= 0.3 is 6.18 Å². The summed E-state index contributed by atoms with van der Waals surface area (Å²) in [5, 5.41) is 18.3. The molecule has 0 amide bonds. The van der Waals surface area contributed by atoms with Crippen LogP contribution in [0.2, 0.25) is 0 Å². The van der Waals surface area contributed by atoms with E-state index in [1.165, 1.54) is 18.2 Å². The van der Waals surface area contributed by atoms with Gasteiger partial charge in [0.2, 0.25) is 0 Å². The number of rotatable bonds is 2. The van der Waals surface area contributed by atoms with Crippen LogP contribution < -0.4 is 5.73 Å². The van der Waals surface area contributed by atoms with Crippen LogP contribution in [0.1, 0.15) is 17.2 Å². The van der Waals surface area contributed by atoms with Crippen molar-refractivity contribution in [2.24, 2.45) is 5.73 Å². The Morgan fingerprint density at radius 3 is 2.38 bits per heavy atom. The second kappa shape index (κ2) is 4.31. The molecule has 1 rings (SSSR count). The topological polar surface area (TPSA) is 66.5 Å². The number of aromatic hydroxyl groups is 1. The number of alkyl halides is 3. The quantitative estimate of drug-likeness (QED) is 0.729. The minimum Gasteiger partial charge on any atom is -0.508 e. The first-order valence-corrected chi connectivity index (χ1v) is 4.53. The zero-order valence-electron chi connectivity index (χ0n) is 8.49. The molecule has 4 N–H and O–H groups in total. The first-order valence-electron chi connectivity index (χ1n) is 4.53. The van der Waals surface area contributed by atoms with Crippen LogP contribution in [0.3, 0.4) is 0 Å². The van der Waals surface area contributed by atoms with Gasteiger partial charge in [0.1, 0.15) is 5.75 Å². The number of aryl methyl sites for hydroxylation is 1. The molecule has 0 spiro atoms. The van der Waals surface area contributed by atoms with Crippen LogP contribution in [-0.4, -0.2) is 22.5 Å². The maximum Gasteiger partial charge on any atom is 0.416 e. The SMILES string of the molecule is Cc1ccc(O)c([C@H](N)[C@H](O)C(F)(F)F)c1. The van der Waals surface area contributed by atoms with Crippen LogP contribution >= 0.6 is 0 Å². The van der Waals surface area contributed by atoms with Crippen molar-refractivity contribution in [2.75, 3.05) is 0 Å². The number of benzene rings is 1. The van der Waals surface area contributed by atoms with Gasteiger partial charge in [0.15, 0.2) is 6.10 Å². The number of phenols is 1. The normalized spacial score (nSPS) is 15.9. The minimum atomic E-state index is -4.81. The number of phenolic OH excluding ortho intramolecular Hbond substituents is 1. The van der Waals surface area contributed by atoms with Gasteiger partial charge in [-0.1, -0.05) is 17.7 Å². The Morgan fingerprint density at radius 1 is 1.31 bits per heavy atom. The number of nitrogens with two attached hydrogens (primary N) is 1. The maximum absolute atomic E-state index is 12.2. The van der Waals surface area contributed by atoms with Crippen molar-refractivity contribution in [3.63, 3.8) is 0 Å². The van der Waals surface area contributed by atoms with Crippen molar-refractivity contribution >= 4 is 0 Å². The molecule has 0 unspecified atom stereocenters. The van der Waals surface area contributed by atoms with Crippen molar-refractivity contribution in [3.8, 4) is 5.75 Å². The van der Waals surface area contributed by atoms with Crippen molar-refractivity contribution < 1.29 is 23.4 Å². The van der Waals surface area contributed by atoms with Crippen molar-refractivity contribution in [1.29, 1.82) is 0 Å². The zero-order chi connectivity index (χ0) is 12.5. The highest BCUT2D eigenvalue weighted by Gasteiger charge is 2.43. The molecule has 0 fully saturated rings. The first-order chi connectivity index (χ1) is 7.23. The smallest absolute Gasteiger partial charge is 0.416 e. The molecule has 0 aliphatic carbocycles. The third kappa shape index (κ3) is 2.65. The molecule has 2 atom stereocenters. The fraction of sp³-hybridized carbons (Fsp3) is 0.400. The molecular weight excluding hydrogens is 223 g/mol. The summed E-state index contributed by atoms with van der Waals surface area (Å²) in [5.41, 5.74) is 5.79. The lowest BCUT2D eigenvalue weighted by Crippen LogP contribution is -2.38. The summed E-state index contributed by atoms with van der Waals surface area (Å²) in [7, 11) is 0. The molecule has 0 saturated carbocycles. The fourth-order valence-electron chi connectivity index (χ4n) is 1.31. The van der Waals surface area contributed by atoms with Gasteiger partial charge in [-0.2, -0.15) is 13.2 Å². The summed E-state index contributed by atoms with van der Waals surface area (Å²) in [6.45, 7) is 1.65. The average molecular weight is 235 g/mol. The number of aliphatic hydroxyl groups excluding tert-OH is 1. The van der Waals surface area contributed by atoms with Crippen molar-refractivity contribution in [2.45, 2.75) is 25.2 Å². The molecule has 0 saturated heterocycles. The number of halogens is 3. The standard InChI is InChI=1S/C10H12F3NO2/c1-5-2-3-7(15)6(4-5)8(14)9(16)10(11,12)13/h2-4,8-9,15-16H,14H2,1H3/t8-,9-/m0/s1. The van der Waals surface area contributed by atoms with Gasteiger partial charge in [-0.3, -0.25) is 0 Å². The molecule has 90 valence electrons. The first kappa shape index (κ1) is 12.8. The Bertz CT molecular complexity index is 379. The monoisotopic (exact) mass is 235 g/mol. The highest BCUT2D eigenvalue weighted by molar-refractivity contribution is 5.38. The van der Waals surface area contributed by atoms with Crippen molar-refractivity contribution in [3.05, 3.63) is 29.3 Å². The second-order valence-corrected chi connectivity index (χ2v) is 3.57. The molecule has 1 aromatic rings. The van der Waals surface area contributed by atoms with E-state index in [0.29, 0.717) is 5.56 Å². The van der Waals surface area contributed by atoms with E-state index in [-0.39, 0.29) is 11.3 Å². The fourth-order valence-corrected chi connectivity index (χ4v) is 1.31. The summed E-state index contributed by atoms with van der Waals surface area (Å²) >= 11 is 0. The molecule has 3 nitrogen and oxygen atoms in total. The van der Waals surface area contributed by atoms with E-state index in [4.69, 9.17) is 10.8 Å². The third-order valence-corrected chi connectivity index (χ3v) is 2.22. The van der Waals surface area contributed by atoms with E-state index in [9.17, 15) is 18.3 Å². The van der Waals surface area contributed by atoms with Gasteiger partial charge in [0, 0.05) is 5.56 Å². The molecule has 0 heterocycles. The number of aliphatic hydroxyl groups is 1. The predicted molar refractivity (Wildman–Crippen MR) is 51.8 cm³/mol. The van der Waals surface area contributed by atoms with Crippen LogP contribution in [0.4, 0.5) is 13.2 Å². The Balaban J connectivity index is 3.05. The van der Waals surface area contributed by atoms with E-state index < -0.39 is 18.3 Å². The van der Waals surface area contributed by atoms with Gasteiger partial charge in [-0.15, -0.1) is 0 Å². The molecule has 0 radical (unpaired) electrons. The van der Waals surface area contributed by atoms with Crippen LogP contribution in [0.5, 0.6) is 5.75 Å². The molecule has 6 heteroatoms. The summed E-state index contributed by atoms with van der Waals surface area (Å²) < 4.78 is 36.6. The van der Waals surface area contributed by atoms with Gasteiger partial charge in [0.25, 0.3) is 0 Å². The summed E-state index contributed by atoms with van der Waals surface area (Å²) in [6.07, 6.45) is -7.50. The zero-order valence-corrected chi connectivity index (χ0v) is 8.49. The molecule has 16 heavy (non-hydrogen) atoms. The van der Waals surface area contributed by atoms with E-state index in [2.05, 4.69) is 0 Å². The third-order valence-electron chi connectivity index (χ3n) is 2.22. The van der Waals surface area contributed by atoms with E-state index in [1.807, 2.05) is 0 Å². The lowest BCUT2D eigenvalue weighted by molar-refractivity contribution is -0.210. The van der Waals surface area contributed by atoms with E-state index >= 15 is 0 Å². The summed E-state index contributed by atoms with van der Waals surface area (Å²) in [6, 6.07) is 2.40. The Hall–Kier alpha value is -1.27. The molecular formula is C10H12F3NO2. The molecule has 0 bridgehead atoms. The molecule has 0 aliphatic rings. The largest absolute Gasteiger partial charge is 0.508 e. The van der Waals surface area contributed by atoms with E-state index in [0.717, 1.165) is 0 Å². The Kier molecular flexibility index (Phi) is 3.44. The van der Waals surface area contributed by atoms with E-state index in [1.54, 1.807) is 6.92 Å². The Labute approximate surface area is 90.3 Å². The number of hydrogen-bond acceptors (Lipinski definition) is 3. The summed E-state index contributed by atoms with van der Waals surface area (Å²) in [5.74, 6) is -0.360. The maximum atomic E-state index is 12.2. The Morgan fingerprint density at radius 2 is 1.88 bits per heavy atom. The molecule has 0 aromatic heterocycles. The summed E-state index contributed by atoms with van der Waals surface area (Å²) in [4.78, 5) is 0. The van der Waals surface area contributed by atoms with Crippen LogP contribution in [0.15, 0.2) is 18.2 Å². The lowest BCUT2D eigenvalue weighted by Gasteiger charge is -2.22. The predicted octanol–water partition coefficient (Wildman–Crippen LogP) is 1.62. The lowest BCUT2D eigenvalue weighted by atomic mass is 9.99. The van der Waals surface area contributed by atoms with Crippen LogP contribution in [-0.2, 0) is 0 Å². The molecule has 1 aromatic carbocycles. The van der Waals surface area contributed by atoms with Crippen molar-refractivity contribution in [1.82, 2.24) is 0 Å². The van der Waals surface area contributed by atoms with Gasteiger partial charge in [-0.05, 0) is 13.0 Å². The van der Waals surface area contributed by atoms with Gasteiger partial charge < -0.3 is 15.9 Å². The number of hydrogen-bond donors (Lipinski definition) is 3. The average Bonchev–Trinajstić information content (AvgIpc) is 2.18. The highest BCUT2D eigenvalue weighted by atomic mass is 19.4.